The number of nitrogens with one attached hydrogen (secondary N) is 3. The lowest BCUT2D eigenvalue weighted by Gasteiger charge is -2.33. The van der Waals surface area contributed by atoms with Crippen LogP contribution < -0.4 is 15.1 Å². The number of quaternary nitrogens is 2. The van der Waals surface area contributed by atoms with E-state index in [1.54, 1.807) is 12.1 Å². The molecule has 1 heterocycles. The summed E-state index contributed by atoms with van der Waals surface area (Å²) in [6.07, 6.45) is 0. The maximum absolute atomic E-state index is 13.2. The van der Waals surface area contributed by atoms with Crippen molar-refractivity contribution in [3.8, 4) is 0 Å². The molecule has 0 unspecified atom stereocenters. The Balaban J connectivity index is 1.49. The summed E-state index contributed by atoms with van der Waals surface area (Å²) in [5, 5.41) is 3.59. The largest absolute Gasteiger partial charge is 0.321 e. The molecule has 2 aromatic rings. The SMILES string of the molecule is C[C@@H](c1ccccc1Cl)[NH+]1CC[NH+](CC(=O)Nc2cccc(F)c2)CC1. The molecule has 0 saturated carbocycles. The Morgan fingerprint density at radius 3 is 2.58 bits per heavy atom. The number of halogens is 2. The van der Waals surface area contributed by atoms with Crippen LogP contribution in [0.5, 0.6) is 0 Å². The van der Waals surface area contributed by atoms with Crippen LogP contribution in [-0.4, -0.2) is 38.6 Å². The zero-order chi connectivity index (χ0) is 18.5. The van der Waals surface area contributed by atoms with Crippen LogP contribution in [-0.2, 0) is 4.79 Å². The minimum Gasteiger partial charge on any atom is -0.321 e. The van der Waals surface area contributed by atoms with Crippen molar-refractivity contribution in [1.29, 1.82) is 0 Å². The normalized spacial score (nSPS) is 21.2. The molecule has 4 nitrogen and oxygen atoms in total. The molecule has 3 N–H and O–H groups in total. The fourth-order valence-corrected chi connectivity index (χ4v) is 3.88. The predicted octanol–water partition coefficient (Wildman–Crippen LogP) is 0.962. The molecule has 2 aromatic carbocycles. The van der Waals surface area contributed by atoms with Gasteiger partial charge in [0.2, 0.25) is 0 Å². The molecule has 1 aliphatic rings. The molecule has 0 aliphatic carbocycles. The van der Waals surface area contributed by atoms with Gasteiger partial charge in [-0.3, -0.25) is 4.79 Å². The fourth-order valence-electron chi connectivity index (χ4n) is 3.58. The van der Waals surface area contributed by atoms with Gasteiger partial charge in [-0.1, -0.05) is 35.9 Å². The van der Waals surface area contributed by atoms with Gasteiger partial charge < -0.3 is 15.1 Å². The van der Waals surface area contributed by atoms with E-state index in [1.165, 1.54) is 27.5 Å². The van der Waals surface area contributed by atoms with Crippen molar-refractivity contribution in [2.45, 2.75) is 13.0 Å². The van der Waals surface area contributed by atoms with Crippen molar-refractivity contribution in [1.82, 2.24) is 0 Å². The second kappa shape index (κ2) is 8.62. The quantitative estimate of drug-likeness (QED) is 0.713. The van der Waals surface area contributed by atoms with Gasteiger partial charge >= 0.3 is 0 Å². The Kier molecular flexibility index (Phi) is 6.25. The lowest BCUT2D eigenvalue weighted by atomic mass is 10.1. The molecule has 3 rings (SSSR count). The number of carbonyl (C=O) groups excluding carboxylic acids is 1. The van der Waals surface area contributed by atoms with Crippen molar-refractivity contribution < 1.29 is 19.0 Å². The Hall–Kier alpha value is -1.95. The third-order valence-corrected chi connectivity index (χ3v) is 5.45. The van der Waals surface area contributed by atoms with Crippen molar-refractivity contribution in [3.05, 3.63) is 64.9 Å². The van der Waals surface area contributed by atoms with E-state index >= 15 is 0 Å². The highest BCUT2D eigenvalue weighted by molar-refractivity contribution is 6.31. The first-order valence-electron chi connectivity index (χ1n) is 9.01. The molecule has 26 heavy (non-hydrogen) atoms. The van der Waals surface area contributed by atoms with Crippen molar-refractivity contribution >= 4 is 23.2 Å². The van der Waals surface area contributed by atoms with Gasteiger partial charge in [0.25, 0.3) is 5.91 Å². The zero-order valence-electron chi connectivity index (χ0n) is 14.9. The van der Waals surface area contributed by atoms with E-state index in [4.69, 9.17) is 11.6 Å². The van der Waals surface area contributed by atoms with Crippen molar-refractivity contribution in [3.63, 3.8) is 0 Å². The molecule has 1 aliphatic heterocycles. The van der Waals surface area contributed by atoms with E-state index < -0.39 is 0 Å². The van der Waals surface area contributed by atoms with Gasteiger partial charge in [0.1, 0.15) is 38.0 Å². The molecule has 1 amide bonds. The topological polar surface area (TPSA) is 38.0 Å². The molecule has 1 fully saturated rings. The first-order valence-corrected chi connectivity index (χ1v) is 9.38. The summed E-state index contributed by atoms with van der Waals surface area (Å²) in [6.45, 7) is 6.47. The third-order valence-electron chi connectivity index (χ3n) is 5.10. The van der Waals surface area contributed by atoms with Gasteiger partial charge in [-0.25, -0.2) is 4.39 Å². The summed E-state index contributed by atoms with van der Waals surface area (Å²) in [5.74, 6) is -0.422. The predicted molar refractivity (Wildman–Crippen MR) is 101 cm³/mol. The Morgan fingerprint density at radius 2 is 1.88 bits per heavy atom. The van der Waals surface area contributed by atoms with Gasteiger partial charge in [-0.05, 0) is 31.2 Å². The zero-order valence-corrected chi connectivity index (χ0v) is 15.7. The molecule has 0 aromatic heterocycles. The van der Waals surface area contributed by atoms with Crippen LogP contribution >= 0.6 is 11.6 Å². The van der Waals surface area contributed by atoms with Gasteiger partial charge in [0.15, 0.2) is 6.54 Å². The minimum atomic E-state index is -0.346. The summed E-state index contributed by atoms with van der Waals surface area (Å²) in [6, 6.07) is 14.3. The maximum atomic E-state index is 13.2. The van der Waals surface area contributed by atoms with Crippen LogP contribution in [0.4, 0.5) is 10.1 Å². The van der Waals surface area contributed by atoms with Crippen molar-refractivity contribution in [2.24, 2.45) is 0 Å². The van der Waals surface area contributed by atoms with Crippen LogP contribution in [0.1, 0.15) is 18.5 Å². The standard InChI is InChI=1S/C20H23ClFN3O/c1-15(18-7-2-3-8-19(18)21)25-11-9-24(10-12-25)14-20(26)23-17-6-4-5-16(22)13-17/h2-8,13,15H,9-12,14H2,1H3,(H,23,26)/p+2/t15-/m0/s1. The molecule has 1 saturated heterocycles. The van der Waals surface area contributed by atoms with E-state index in [2.05, 4.69) is 18.3 Å². The first kappa shape index (κ1) is 18.8. The number of hydrogen-bond donors (Lipinski definition) is 3. The molecule has 6 heteroatoms. The summed E-state index contributed by atoms with van der Waals surface area (Å²) >= 11 is 6.33. The van der Waals surface area contributed by atoms with E-state index in [0.29, 0.717) is 18.3 Å². The molecule has 0 radical (unpaired) electrons. The Bertz CT molecular complexity index is 762. The van der Waals surface area contributed by atoms with Gasteiger partial charge in [0, 0.05) is 16.3 Å². The Morgan fingerprint density at radius 1 is 1.15 bits per heavy atom. The summed E-state index contributed by atoms with van der Waals surface area (Å²) in [7, 11) is 0. The molecule has 0 bridgehead atoms. The number of benzene rings is 2. The molecule has 138 valence electrons. The smallest absolute Gasteiger partial charge is 0.279 e. The highest BCUT2D eigenvalue weighted by Gasteiger charge is 2.29. The van der Waals surface area contributed by atoms with Gasteiger partial charge in [-0.2, -0.15) is 0 Å². The lowest BCUT2D eigenvalue weighted by Crippen LogP contribution is -3.28. The van der Waals surface area contributed by atoms with Gasteiger partial charge in [-0.15, -0.1) is 0 Å². The molecular weight excluding hydrogens is 353 g/mol. The van der Waals surface area contributed by atoms with Crippen molar-refractivity contribution in [2.75, 3.05) is 38.0 Å². The average Bonchev–Trinajstić information content (AvgIpc) is 2.62. The first-order chi connectivity index (χ1) is 12.5. The summed E-state index contributed by atoms with van der Waals surface area (Å²) in [4.78, 5) is 14.9. The molecule has 1 atom stereocenters. The number of rotatable bonds is 5. The van der Waals surface area contributed by atoms with Gasteiger partial charge in [0.05, 0.1) is 0 Å². The second-order valence-electron chi connectivity index (χ2n) is 6.89. The Labute approximate surface area is 158 Å². The number of hydrogen-bond acceptors (Lipinski definition) is 1. The second-order valence-corrected chi connectivity index (χ2v) is 7.29. The summed E-state index contributed by atoms with van der Waals surface area (Å²) in [5.41, 5.74) is 1.68. The highest BCUT2D eigenvalue weighted by Crippen LogP contribution is 2.20. The van der Waals surface area contributed by atoms with E-state index in [9.17, 15) is 9.18 Å². The fraction of sp³-hybridized carbons (Fsp3) is 0.350. The van der Waals surface area contributed by atoms with Crippen LogP contribution in [0.3, 0.4) is 0 Å². The minimum absolute atomic E-state index is 0.0757. The number of anilines is 1. The highest BCUT2D eigenvalue weighted by atomic mass is 35.5. The molecule has 0 spiro atoms. The number of carbonyl (C=O) groups is 1. The van der Waals surface area contributed by atoms with Crippen LogP contribution in [0.2, 0.25) is 5.02 Å². The number of amides is 1. The third kappa shape index (κ3) is 4.81. The lowest BCUT2D eigenvalue weighted by molar-refractivity contribution is -1.02. The van der Waals surface area contributed by atoms with Crippen LogP contribution in [0.25, 0.3) is 0 Å². The number of piperazine rings is 1. The summed E-state index contributed by atoms with van der Waals surface area (Å²) < 4.78 is 13.2. The van der Waals surface area contributed by atoms with Crippen LogP contribution in [0.15, 0.2) is 48.5 Å². The van der Waals surface area contributed by atoms with Crippen LogP contribution in [0, 0.1) is 5.82 Å². The molecular formula is C20H25ClFN3O+2. The average molecular weight is 378 g/mol. The monoisotopic (exact) mass is 377 g/mol. The maximum Gasteiger partial charge on any atom is 0.279 e. The van der Waals surface area contributed by atoms with E-state index in [1.807, 2.05) is 18.2 Å². The van der Waals surface area contributed by atoms with E-state index in [0.717, 1.165) is 31.2 Å². The van der Waals surface area contributed by atoms with E-state index in [-0.39, 0.29) is 11.7 Å².